The first-order valence-corrected chi connectivity index (χ1v) is 7.99. The second-order valence-electron chi connectivity index (χ2n) is 5.91. The molecule has 2 heterocycles. The third-order valence-corrected chi connectivity index (χ3v) is 4.13. The molecule has 1 aromatic carbocycles. The van der Waals surface area contributed by atoms with Gasteiger partial charge in [0.1, 0.15) is 17.1 Å². The summed E-state index contributed by atoms with van der Waals surface area (Å²) in [5.41, 5.74) is 1.50. The molecule has 1 atom stereocenters. The van der Waals surface area contributed by atoms with Crippen molar-refractivity contribution >= 4 is 16.9 Å². The van der Waals surface area contributed by atoms with Gasteiger partial charge in [0.05, 0.1) is 13.4 Å². The molecule has 1 N–H and O–H groups in total. The number of rotatable bonds is 6. The molecule has 1 amide bonds. The molecule has 0 unspecified atom stereocenters. The summed E-state index contributed by atoms with van der Waals surface area (Å²) in [6.45, 7) is 3.86. The molecule has 0 saturated heterocycles. The Morgan fingerprint density at radius 2 is 2.17 bits per heavy atom. The van der Waals surface area contributed by atoms with Crippen molar-refractivity contribution in [2.45, 2.75) is 32.7 Å². The molecular formula is C19H21NO4. The lowest BCUT2D eigenvalue weighted by Crippen LogP contribution is -2.33. The lowest BCUT2D eigenvalue weighted by Gasteiger charge is -2.12. The summed E-state index contributed by atoms with van der Waals surface area (Å²) in [4.78, 5) is 12.5. The maximum atomic E-state index is 12.5. The SMILES string of the molecule is COc1ccc2oc(C(=O)N[C@H](C)CCc3ccco3)c(C)c2c1. The standard InChI is InChI=1S/C19H21NO4/c1-12(6-7-14-5-4-10-23-14)20-19(21)18-13(2)16-11-15(22-3)8-9-17(16)24-18/h4-5,8-12H,6-7H2,1-3H3,(H,20,21)/t12-/m1/s1. The van der Waals surface area contributed by atoms with Gasteiger partial charge in [-0.15, -0.1) is 0 Å². The molecule has 0 spiro atoms. The molecule has 3 rings (SSSR count). The number of carbonyl (C=O) groups excluding carboxylic acids is 1. The summed E-state index contributed by atoms with van der Waals surface area (Å²) in [5.74, 6) is 1.81. The van der Waals surface area contributed by atoms with E-state index in [1.165, 1.54) is 0 Å². The number of aryl methyl sites for hydroxylation is 2. The van der Waals surface area contributed by atoms with E-state index in [9.17, 15) is 4.79 Å². The average molecular weight is 327 g/mol. The van der Waals surface area contributed by atoms with Gasteiger partial charge in [0.15, 0.2) is 5.76 Å². The van der Waals surface area contributed by atoms with Gasteiger partial charge in [-0.3, -0.25) is 4.79 Å². The Labute approximate surface area is 140 Å². The molecule has 0 aliphatic carbocycles. The highest BCUT2D eigenvalue weighted by atomic mass is 16.5. The molecule has 0 radical (unpaired) electrons. The van der Waals surface area contributed by atoms with Crippen molar-refractivity contribution in [2.75, 3.05) is 7.11 Å². The zero-order chi connectivity index (χ0) is 17.1. The van der Waals surface area contributed by atoms with Gasteiger partial charge in [0.2, 0.25) is 0 Å². The van der Waals surface area contributed by atoms with E-state index in [0.717, 1.165) is 35.3 Å². The van der Waals surface area contributed by atoms with Crippen LogP contribution in [0, 0.1) is 6.92 Å². The number of ether oxygens (including phenoxy) is 1. The van der Waals surface area contributed by atoms with Crippen LogP contribution in [0.25, 0.3) is 11.0 Å². The number of fused-ring (bicyclic) bond motifs is 1. The van der Waals surface area contributed by atoms with Gasteiger partial charge in [-0.05, 0) is 50.6 Å². The van der Waals surface area contributed by atoms with Crippen LogP contribution in [-0.2, 0) is 6.42 Å². The lowest BCUT2D eigenvalue weighted by molar-refractivity contribution is 0.0911. The summed E-state index contributed by atoms with van der Waals surface area (Å²) < 4.78 is 16.3. The summed E-state index contributed by atoms with van der Waals surface area (Å²) >= 11 is 0. The maximum absolute atomic E-state index is 12.5. The summed E-state index contributed by atoms with van der Waals surface area (Å²) in [5, 5.41) is 3.87. The van der Waals surface area contributed by atoms with E-state index in [4.69, 9.17) is 13.6 Å². The first-order chi connectivity index (χ1) is 11.6. The fourth-order valence-electron chi connectivity index (χ4n) is 2.72. The molecule has 2 aromatic heterocycles. The van der Waals surface area contributed by atoms with E-state index in [1.807, 2.05) is 44.2 Å². The third kappa shape index (κ3) is 3.30. The number of hydrogen-bond acceptors (Lipinski definition) is 4. The minimum absolute atomic E-state index is 0.0183. The predicted octanol–water partition coefficient (Wildman–Crippen LogP) is 4.09. The van der Waals surface area contributed by atoms with Crippen LogP contribution in [0.3, 0.4) is 0 Å². The zero-order valence-corrected chi connectivity index (χ0v) is 14.1. The highest BCUT2D eigenvalue weighted by Gasteiger charge is 2.19. The topological polar surface area (TPSA) is 64.6 Å². The van der Waals surface area contributed by atoms with Crippen molar-refractivity contribution in [3.63, 3.8) is 0 Å². The van der Waals surface area contributed by atoms with Crippen LogP contribution in [0.2, 0.25) is 0 Å². The van der Waals surface area contributed by atoms with Gasteiger partial charge in [0.25, 0.3) is 5.91 Å². The van der Waals surface area contributed by atoms with Crippen molar-refractivity contribution in [3.8, 4) is 5.75 Å². The largest absolute Gasteiger partial charge is 0.497 e. The number of amides is 1. The van der Waals surface area contributed by atoms with Crippen LogP contribution in [-0.4, -0.2) is 19.1 Å². The van der Waals surface area contributed by atoms with Crippen molar-refractivity contribution < 1.29 is 18.4 Å². The molecule has 0 bridgehead atoms. The van der Waals surface area contributed by atoms with Crippen molar-refractivity contribution in [2.24, 2.45) is 0 Å². The lowest BCUT2D eigenvalue weighted by atomic mass is 10.1. The van der Waals surface area contributed by atoms with Gasteiger partial charge in [-0.2, -0.15) is 0 Å². The quantitative estimate of drug-likeness (QED) is 0.740. The normalized spacial score (nSPS) is 12.3. The van der Waals surface area contributed by atoms with Crippen molar-refractivity contribution in [1.82, 2.24) is 5.32 Å². The van der Waals surface area contributed by atoms with Crippen LogP contribution >= 0.6 is 0 Å². The van der Waals surface area contributed by atoms with E-state index < -0.39 is 0 Å². The van der Waals surface area contributed by atoms with E-state index in [-0.39, 0.29) is 11.9 Å². The highest BCUT2D eigenvalue weighted by molar-refractivity contribution is 5.99. The Hall–Kier alpha value is -2.69. The summed E-state index contributed by atoms with van der Waals surface area (Å²) in [6, 6.07) is 9.34. The van der Waals surface area contributed by atoms with Gasteiger partial charge in [0, 0.05) is 23.4 Å². The molecular weight excluding hydrogens is 306 g/mol. The van der Waals surface area contributed by atoms with Gasteiger partial charge < -0.3 is 18.9 Å². The second kappa shape index (κ2) is 6.83. The molecule has 0 fully saturated rings. The number of hydrogen-bond donors (Lipinski definition) is 1. The van der Waals surface area contributed by atoms with Gasteiger partial charge in [-0.25, -0.2) is 0 Å². The fraction of sp³-hybridized carbons (Fsp3) is 0.316. The Morgan fingerprint density at radius 1 is 1.33 bits per heavy atom. The number of furan rings is 2. The zero-order valence-electron chi connectivity index (χ0n) is 14.1. The van der Waals surface area contributed by atoms with Crippen LogP contribution in [0.1, 0.15) is 35.2 Å². The molecule has 0 aliphatic rings. The van der Waals surface area contributed by atoms with E-state index in [0.29, 0.717) is 11.3 Å². The number of benzene rings is 1. The smallest absolute Gasteiger partial charge is 0.287 e. The first-order valence-electron chi connectivity index (χ1n) is 7.99. The van der Waals surface area contributed by atoms with E-state index in [1.54, 1.807) is 13.4 Å². The molecule has 5 nitrogen and oxygen atoms in total. The van der Waals surface area contributed by atoms with Gasteiger partial charge in [-0.1, -0.05) is 0 Å². The van der Waals surface area contributed by atoms with E-state index in [2.05, 4.69) is 5.32 Å². The van der Waals surface area contributed by atoms with Gasteiger partial charge >= 0.3 is 0 Å². The summed E-state index contributed by atoms with van der Waals surface area (Å²) in [7, 11) is 1.62. The first kappa shape index (κ1) is 16.2. The van der Waals surface area contributed by atoms with Crippen LogP contribution < -0.4 is 10.1 Å². The van der Waals surface area contributed by atoms with Crippen LogP contribution in [0.5, 0.6) is 5.75 Å². The molecule has 0 saturated carbocycles. The van der Waals surface area contributed by atoms with Crippen LogP contribution in [0.15, 0.2) is 45.4 Å². The van der Waals surface area contributed by atoms with E-state index >= 15 is 0 Å². The number of nitrogens with one attached hydrogen (secondary N) is 1. The Balaban J connectivity index is 1.70. The minimum Gasteiger partial charge on any atom is -0.497 e. The Kier molecular flexibility index (Phi) is 4.60. The fourth-order valence-corrected chi connectivity index (χ4v) is 2.72. The maximum Gasteiger partial charge on any atom is 0.287 e. The van der Waals surface area contributed by atoms with Crippen LogP contribution in [0.4, 0.5) is 0 Å². The molecule has 0 aliphatic heterocycles. The Bertz CT molecular complexity index is 833. The minimum atomic E-state index is -0.199. The molecule has 126 valence electrons. The Morgan fingerprint density at radius 3 is 2.88 bits per heavy atom. The predicted molar refractivity (Wildman–Crippen MR) is 91.5 cm³/mol. The second-order valence-corrected chi connectivity index (χ2v) is 5.91. The van der Waals surface area contributed by atoms with Crippen molar-refractivity contribution in [3.05, 3.63) is 53.7 Å². The highest BCUT2D eigenvalue weighted by Crippen LogP contribution is 2.28. The average Bonchev–Trinajstić information content (AvgIpc) is 3.21. The molecule has 5 heteroatoms. The monoisotopic (exact) mass is 327 g/mol. The summed E-state index contributed by atoms with van der Waals surface area (Å²) in [6.07, 6.45) is 3.24. The molecule has 3 aromatic rings. The number of carbonyl (C=O) groups is 1. The third-order valence-electron chi connectivity index (χ3n) is 4.13. The number of methoxy groups -OCH3 is 1. The van der Waals surface area contributed by atoms with Crippen molar-refractivity contribution in [1.29, 1.82) is 0 Å². The molecule has 24 heavy (non-hydrogen) atoms.